The van der Waals surface area contributed by atoms with Crippen molar-refractivity contribution in [1.82, 2.24) is 30.6 Å². The predicted octanol–water partition coefficient (Wildman–Crippen LogP) is 6.55. The first-order valence-corrected chi connectivity index (χ1v) is 12.5. The Balaban J connectivity index is 1.32. The van der Waals surface area contributed by atoms with Crippen LogP contribution in [0.25, 0.3) is 33.5 Å². The maximum atomic E-state index is 13.3. The van der Waals surface area contributed by atoms with E-state index < -0.39 is 0 Å². The molecule has 0 atom stereocenters. The van der Waals surface area contributed by atoms with Gasteiger partial charge in [-0.2, -0.15) is 5.21 Å². The summed E-state index contributed by atoms with van der Waals surface area (Å²) in [4.78, 5) is 9.34. The lowest BCUT2D eigenvalue weighted by Gasteiger charge is -2.13. The highest BCUT2D eigenvalue weighted by atomic mass is 19.1. The Morgan fingerprint density at radius 2 is 1.69 bits per heavy atom. The molecule has 0 fully saturated rings. The first-order chi connectivity index (χ1) is 19.2. The number of tetrazole rings is 1. The van der Waals surface area contributed by atoms with Crippen molar-refractivity contribution in [1.29, 1.82) is 0 Å². The predicted molar refractivity (Wildman–Crippen MR) is 145 cm³/mol. The molecule has 0 unspecified atom stereocenters. The van der Waals surface area contributed by atoms with Gasteiger partial charge in [0.1, 0.15) is 29.4 Å². The van der Waals surface area contributed by atoms with Crippen molar-refractivity contribution in [3.05, 3.63) is 108 Å². The number of nitrogens with zero attached hydrogens (tertiary/aromatic N) is 5. The lowest BCUT2D eigenvalue weighted by molar-refractivity contribution is 0.308. The Hall–Kier alpha value is -5.18. The van der Waals surface area contributed by atoms with Gasteiger partial charge in [-0.05, 0) is 64.7 Å². The van der Waals surface area contributed by atoms with E-state index in [1.807, 2.05) is 67.6 Å². The molecule has 6 aromatic rings. The normalized spacial score (nSPS) is 11.0. The zero-order valence-corrected chi connectivity index (χ0v) is 21.0. The molecule has 0 amide bonds. The molecule has 192 valence electrons. The fourth-order valence-electron chi connectivity index (χ4n) is 4.26. The lowest BCUT2D eigenvalue weighted by Crippen LogP contribution is -2.01. The van der Waals surface area contributed by atoms with Gasteiger partial charge in [-0.1, -0.05) is 49.4 Å². The van der Waals surface area contributed by atoms with E-state index in [1.54, 1.807) is 18.2 Å². The van der Waals surface area contributed by atoms with Gasteiger partial charge in [-0.25, -0.2) is 9.37 Å². The molecule has 0 radical (unpaired) electrons. The van der Waals surface area contributed by atoms with Crippen LogP contribution in [0.15, 0.2) is 91.0 Å². The Bertz CT molecular complexity index is 1730. The largest absolute Gasteiger partial charge is 0.486 e. The number of hydrogen-bond acceptors (Lipinski definition) is 7. The molecule has 0 bridgehead atoms. The van der Waals surface area contributed by atoms with E-state index in [0.717, 1.165) is 34.4 Å². The van der Waals surface area contributed by atoms with E-state index in [9.17, 15) is 4.39 Å². The third kappa shape index (κ3) is 5.28. The van der Waals surface area contributed by atoms with Gasteiger partial charge in [-0.3, -0.25) is 4.98 Å². The van der Waals surface area contributed by atoms with Crippen molar-refractivity contribution in [3.8, 4) is 39.9 Å². The minimum atomic E-state index is -0.333. The molecule has 0 aliphatic heterocycles. The molecule has 3 aromatic heterocycles. The maximum absolute atomic E-state index is 13.3. The van der Waals surface area contributed by atoms with Crippen LogP contribution in [-0.4, -0.2) is 30.6 Å². The summed E-state index contributed by atoms with van der Waals surface area (Å²) in [6.45, 7) is 2.32. The third-order valence-electron chi connectivity index (χ3n) is 6.19. The molecular formula is C30H23FN6O2. The molecule has 9 heteroatoms. The summed E-state index contributed by atoms with van der Waals surface area (Å²) in [5.74, 6) is 1.60. The summed E-state index contributed by atoms with van der Waals surface area (Å²) >= 11 is 0. The molecule has 0 aliphatic rings. The molecule has 39 heavy (non-hydrogen) atoms. The van der Waals surface area contributed by atoms with E-state index in [2.05, 4.69) is 30.6 Å². The second-order valence-electron chi connectivity index (χ2n) is 8.81. The molecule has 6 rings (SSSR count). The summed E-state index contributed by atoms with van der Waals surface area (Å²) in [7, 11) is 0. The number of H-pyrrole nitrogens is 1. The Labute approximate surface area is 223 Å². The van der Waals surface area contributed by atoms with Crippen molar-refractivity contribution >= 4 is 11.0 Å². The first-order valence-electron chi connectivity index (χ1n) is 12.5. The van der Waals surface area contributed by atoms with Crippen LogP contribution >= 0.6 is 0 Å². The molecule has 1 N–H and O–H groups in total. The molecule has 0 aliphatic carbocycles. The fourth-order valence-corrected chi connectivity index (χ4v) is 4.26. The summed E-state index contributed by atoms with van der Waals surface area (Å²) in [5, 5.41) is 14.7. The number of aryl methyl sites for hydroxylation is 1. The van der Waals surface area contributed by atoms with Crippen LogP contribution in [0.2, 0.25) is 0 Å². The highest BCUT2D eigenvalue weighted by Crippen LogP contribution is 2.32. The van der Waals surface area contributed by atoms with E-state index >= 15 is 0 Å². The van der Waals surface area contributed by atoms with Gasteiger partial charge in [0.15, 0.2) is 0 Å². The second kappa shape index (κ2) is 10.7. The minimum absolute atomic E-state index is 0.285. The number of hydrogen-bond donors (Lipinski definition) is 1. The average molecular weight is 519 g/mol. The zero-order chi connectivity index (χ0) is 26.6. The summed E-state index contributed by atoms with van der Waals surface area (Å²) in [6.07, 6.45) is 0.744. The van der Waals surface area contributed by atoms with E-state index in [4.69, 9.17) is 9.47 Å². The zero-order valence-electron chi connectivity index (χ0n) is 21.0. The summed E-state index contributed by atoms with van der Waals surface area (Å²) in [5.41, 5.74) is 5.98. The van der Waals surface area contributed by atoms with Crippen molar-refractivity contribution in [3.63, 3.8) is 0 Å². The molecule has 8 nitrogen and oxygen atoms in total. The molecule has 0 spiro atoms. The number of aromatic amines is 1. The van der Waals surface area contributed by atoms with Gasteiger partial charge in [0.05, 0.1) is 5.52 Å². The monoisotopic (exact) mass is 518 g/mol. The van der Waals surface area contributed by atoms with Crippen LogP contribution in [0.1, 0.15) is 18.2 Å². The third-order valence-corrected chi connectivity index (χ3v) is 6.19. The minimum Gasteiger partial charge on any atom is -0.486 e. The number of ether oxygens (including phenoxy) is 2. The standard InChI is InChI=1S/C30H23FN6O2/c1-2-22-17-27(29-26(32-22)14-15-28(33-29)39-23-11-9-21(31)10-12-23)38-18-19-8-13-24(20-6-4-3-5-7-20)25(16-19)30-34-36-37-35-30/h3-17H,2,18H2,1H3,(H,34,35,36,37). The van der Waals surface area contributed by atoms with Crippen molar-refractivity contribution < 1.29 is 13.9 Å². The summed E-state index contributed by atoms with van der Waals surface area (Å²) < 4.78 is 25.4. The average Bonchev–Trinajstić information content (AvgIpc) is 3.52. The molecule has 3 aromatic carbocycles. The molecular weight excluding hydrogens is 495 g/mol. The quantitative estimate of drug-likeness (QED) is 0.244. The van der Waals surface area contributed by atoms with Crippen LogP contribution in [-0.2, 0) is 13.0 Å². The van der Waals surface area contributed by atoms with Crippen molar-refractivity contribution in [2.75, 3.05) is 0 Å². The van der Waals surface area contributed by atoms with Crippen LogP contribution < -0.4 is 9.47 Å². The van der Waals surface area contributed by atoms with E-state index in [1.165, 1.54) is 12.1 Å². The number of benzene rings is 3. The number of fused-ring (bicyclic) bond motifs is 1. The Kier molecular flexibility index (Phi) is 6.61. The van der Waals surface area contributed by atoms with Crippen LogP contribution in [0, 0.1) is 5.82 Å². The van der Waals surface area contributed by atoms with Gasteiger partial charge in [0.2, 0.25) is 11.7 Å². The van der Waals surface area contributed by atoms with E-state index in [-0.39, 0.29) is 12.4 Å². The van der Waals surface area contributed by atoms with Gasteiger partial charge < -0.3 is 9.47 Å². The smallest absolute Gasteiger partial charge is 0.220 e. The SMILES string of the molecule is CCc1cc(OCc2ccc(-c3ccccc3)c(-c3nn[nH]n3)c2)c2nc(Oc3ccc(F)cc3)ccc2n1. The van der Waals surface area contributed by atoms with Gasteiger partial charge in [-0.15, -0.1) is 10.2 Å². The van der Waals surface area contributed by atoms with Gasteiger partial charge in [0.25, 0.3) is 0 Å². The van der Waals surface area contributed by atoms with Crippen LogP contribution in [0.4, 0.5) is 4.39 Å². The number of pyridine rings is 2. The lowest BCUT2D eigenvalue weighted by atomic mass is 9.97. The fraction of sp³-hybridized carbons (Fsp3) is 0.100. The van der Waals surface area contributed by atoms with Crippen molar-refractivity contribution in [2.45, 2.75) is 20.0 Å². The van der Waals surface area contributed by atoms with E-state index in [0.29, 0.717) is 34.2 Å². The number of aromatic nitrogens is 6. The van der Waals surface area contributed by atoms with Gasteiger partial charge >= 0.3 is 0 Å². The van der Waals surface area contributed by atoms with Crippen LogP contribution in [0.5, 0.6) is 17.4 Å². The highest BCUT2D eigenvalue weighted by Gasteiger charge is 2.14. The maximum Gasteiger partial charge on any atom is 0.220 e. The number of halogens is 1. The molecule has 3 heterocycles. The number of rotatable bonds is 8. The summed E-state index contributed by atoms with van der Waals surface area (Å²) in [6, 6.07) is 27.4. The second-order valence-corrected chi connectivity index (χ2v) is 8.81. The molecule has 0 saturated heterocycles. The number of nitrogens with one attached hydrogen (secondary N) is 1. The Morgan fingerprint density at radius 3 is 2.46 bits per heavy atom. The first kappa shape index (κ1) is 24.2. The van der Waals surface area contributed by atoms with Crippen LogP contribution in [0.3, 0.4) is 0 Å². The van der Waals surface area contributed by atoms with Gasteiger partial charge in [0, 0.05) is 23.4 Å². The molecule has 0 saturated carbocycles. The topological polar surface area (TPSA) is 98.7 Å². The Morgan fingerprint density at radius 1 is 0.846 bits per heavy atom. The highest BCUT2D eigenvalue weighted by molar-refractivity contribution is 5.82. The van der Waals surface area contributed by atoms with Crippen molar-refractivity contribution in [2.24, 2.45) is 0 Å².